The van der Waals surface area contributed by atoms with Crippen LogP contribution in [-0.2, 0) is 9.53 Å². The van der Waals surface area contributed by atoms with Crippen molar-refractivity contribution in [3.63, 3.8) is 0 Å². The van der Waals surface area contributed by atoms with Crippen molar-refractivity contribution in [1.82, 2.24) is 4.98 Å². The summed E-state index contributed by atoms with van der Waals surface area (Å²) in [6.07, 6.45) is 1.60. The van der Waals surface area contributed by atoms with Crippen molar-refractivity contribution >= 4 is 11.7 Å². The van der Waals surface area contributed by atoms with Gasteiger partial charge in [-0.1, -0.05) is 0 Å². The van der Waals surface area contributed by atoms with Crippen LogP contribution < -0.4 is 10.1 Å². The number of esters is 1. The molecule has 1 heterocycles. The van der Waals surface area contributed by atoms with Crippen LogP contribution in [0.4, 0.5) is 5.69 Å². The van der Waals surface area contributed by atoms with E-state index >= 15 is 0 Å². The minimum Gasteiger partial charge on any atom is -0.481 e. The van der Waals surface area contributed by atoms with Crippen molar-refractivity contribution in [2.24, 2.45) is 0 Å². The zero-order valence-corrected chi connectivity index (χ0v) is 8.82. The number of nitrogens with zero attached hydrogens (tertiary/aromatic N) is 1. The Morgan fingerprint density at radius 1 is 1.60 bits per heavy atom. The molecule has 15 heavy (non-hydrogen) atoms. The Balaban J connectivity index is 2.46. The van der Waals surface area contributed by atoms with E-state index in [2.05, 4.69) is 10.3 Å². The van der Waals surface area contributed by atoms with Gasteiger partial charge in [-0.3, -0.25) is 4.79 Å². The van der Waals surface area contributed by atoms with E-state index in [9.17, 15) is 4.79 Å². The van der Waals surface area contributed by atoms with Crippen LogP contribution in [0.15, 0.2) is 18.3 Å². The first-order valence-corrected chi connectivity index (χ1v) is 4.65. The fourth-order valence-electron chi connectivity index (χ4n) is 1.02. The normalized spacial score (nSPS) is 9.47. The van der Waals surface area contributed by atoms with Crippen molar-refractivity contribution < 1.29 is 14.3 Å². The summed E-state index contributed by atoms with van der Waals surface area (Å²) in [6, 6.07) is 3.46. The number of hydrogen-bond donors (Lipinski definition) is 1. The molecule has 0 radical (unpaired) electrons. The highest BCUT2D eigenvalue weighted by atomic mass is 16.5. The molecule has 0 bridgehead atoms. The molecule has 1 aromatic rings. The fourth-order valence-corrected chi connectivity index (χ4v) is 1.02. The Morgan fingerprint density at radius 3 is 3.07 bits per heavy atom. The summed E-state index contributed by atoms with van der Waals surface area (Å²) >= 11 is 0. The highest BCUT2D eigenvalue weighted by molar-refractivity contribution is 5.74. The van der Waals surface area contributed by atoms with Gasteiger partial charge in [-0.25, -0.2) is 4.98 Å². The van der Waals surface area contributed by atoms with Crippen LogP contribution in [0.5, 0.6) is 5.88 Å². The molecule has 0 aliphatic rings. The van der Waals surface area contributed by atoms with E-state index in [1.807, 2.05) is 0 Å². The standard InChI is InChI=1S/C10H14N2O3/c1-3-15-10(13)7-12-8-4-5-11-9(6-8)14-2/h4-6H,3,7H2,1-2H3,(H,11,12). The predicted molar refractivity (Wildman–Crippen MR) is 55.9 cm³/mol. The maximum Gasteiger partial charge on any atom is 0.325 e. The third-order valence-electron chi connectivity index (χ3n) is 1.69. The quantitative estimate of drug-likeness (QED) is 0.736. The summed E-state index contributed by atoms with van der Waals surface area (Å²) in [5.41, 5.74) is 0.773. The number of anilines is 1. The Labute approximate surface area is 88.4 Å². The van der Waals surface area contributed by atoms with Crippen LogP contribution in [0.25, 0.3) is 0 Å². The van der Waals surface area contributed by atoms with Crippen LogP contribution in [-0.4, -0.2) is 31.2 Å². The Hall–Kier alpha value is -1.78. The van der Waals surface area contributed by atoms with Crippen molar-refractivity contribution in [1.29, 1.82) is 0 Å². The number of rotatable bonds is 5. The van der Waals surface area contributed by atoms with E-state index in [1.165, 1.54) is 7.11 Å². The molecule has 0 spiro atoms. The molecule has 1 N–H and O–H groups in total. The van der Waals surface area contributed by atoms with Crippen molar-refractivity contribution in [2.45, 2.75) is 6.92 Å². The van der Waals surface area contributed by atoms with Gasteiger partial charge < -0.3 is 14.8 Å². The van der Waals surface area contributed by atoms with E-state index in [1.54, 1.807) is 25.3 Å². The lowest BCUT2D eigenvalue weighted by Crippen LogP contribution is -2.16. The van der Waals surface area contributed by atoms with Crippen LogP contribution in [0.1, 0.15) is 6.92 Å². The molecule has 1 rings (SSSR count). The number of ether oxygens (including phenoxy) is 2. The van der Waals surface area contributed by atoms with Gasteiger partial charge in [0, 0.05) is 18.0 Å². The molecule has 5 nitrogen and oxygen atoms in total. The summed E-state index contributed by atoms with van der Waals surface area (Å²) < 4.78 is 9.71. The van der Waals surface area contributed by atoms with Gasteiger partial charge in [-0.05, 0) is 13.0 Å². The highest BCUT2D eigenvalue weighted by Gasteiger charge is 2.01. The first kappa shape index (κ1) is 11.3. The molecule has 0 saturated heterocycles. The van der Waals surface area contributed by atoms with Gasteiger partial charge in [-0.15, -0.1) is 0 Å². The van der Waals surface area contributed by atoms with E-state index in [0.717, 1.165) is 5.69 Å². The second kappa shape index (κ2) is 5.85. The molecule has 5 heteroatoms. The van der Waals surface area contributed by atoms with Crippen LogP contribution >= 0.6 is 0 Å². The number of methoxy groups -OCH3 is 1. The molecule has 0 amide bonds. The Morgan fingerprint density at radius 2 is 2.40 bits per heavy atom. The zero-order valence-electron chi connectivity index (χ0n) is 8.82. The van der Waals surface area contributed by atoms with Crippen molar-refractivity contribution in [3.8, 4) is 5.88 Å². The molecule has 0 aliphatic heterocycles. The Bertz CT molecular complexity index is 328. The molecule has 0 fully saturated rings. The molecular formula is C10H14N2O3. The summed E-state index contributed by atoms with van der Waals surface area (Å²) in [5.74, 6) is 0.220. The van der Waals surface area contributed by atoms with Gasteiger partial charge in [0.25, 0.3) is 0 Å². The number of nitrogens with one attached hydrogen (secondary N) is 1. The first-order chi connectivity index (χ1) is 7.26. The predicted octanol–water partition coefficient (Wildman–Crippen LogP) is 1.07. The van der Waals surface area contributed by atoms with Crippen molar-refractivity contribution in [2.75, 3.05) is 25.6 Å². The summed E-state index contributed by atoms with van der Waals surface area (Å²) in [7, 11) is 1.54. The van der Waals surface area contributed by atoms with E-state index in [4.69, 9.17) is 9.47 Å². The molecule has 0 atom stereocenters. The molecule has 0 unspecified atom stereocenters. The molecule has 82 valence electrons. The Kier molecular flexibility index (Phi) is 4.40. The van der Waals surface area contributed by atoms with Crippen LogP contribution in [0, 0.1) is 0 Å². The lowest BCUT2D eigenvalue weighted by Gasteiger charge is -2.06. The number of carbonyl (C=O) groups is 1. The average Bonchev–Trinajstić information content (AvgIpc) is 2.27. The molecule has 1 aromatic heterocycles. The number of carbonyl (C=O) groups excluding carboxylic acids is 1. The molecular weight excluding hydrogens is 196 g/mol. The summed E-state index contributed by atoms with van der Waals surface area (Å²) in [6.45, 7) is 2.30. The van der Waals surface area contributed by atoms with Crippen LogP contribution in [0.3, 0.4) is 0 Å². The second-order valence-electron chi connectivity index (χ2n) is 2.75. The zero-order chi connectivity index (χ0) is 11.1. The largest absolute Gasteiger partial charge is 0.481 e. The lowest BCUT2D eigenvalue weighted by molar-refractivity contribution is -0.140. The third kappa shape index (κ3) is 3.84. The van der Waals surface area contributed by atoms with Gasteiger partial charge >= 0.3 is 5.97 Å². The maximum atomic E-state index is 11.0. The van der Waals surface area contributed by atoms with Gasteiger partial charge in [0.15, 0.2) is 0 Å². The number of aromatic nitrogens is 1. The first-order valence-electron chi connectivity index (χ1n) is 4.65. The monoisotopic (exact) mass is 210 g/mol. The topological polar surface area (TPSA) is 60.5 Å². The molecule has 0 saturated carbocycles. The third-order valence-corrected chi connectivity index (χ3v) is 1.69. The fraction of sp³-hybridized carbons (Fsp3) is 0.400. The van der Waals surface area contributed by atoms with Gasteiger partial charge in [0.05, 0.1) is 13.7 Å². The van der Waals surface area contributed by atoms with E-state index in [0.29, 0.717) is 12.5 Å². The maximum absolute atomic E-state index is 11.0. The van der Waals surface area contributed by atoms with E-state index < -0.39 is 0 Å². The summed E-state index contributed by atoms with van der Waals surface area (Å²) in [5, 5.41) is 2.91. The molecule has 0 aromatic carbocycles. The number of pyridine rings is 1. The van der Waals surface area contributed by atoms with Crippen LogP contribution in [0.2, 0.25) is 0 Å². The SMILES string of the molecule is CCOC(=O)CNc1ccnc(OC)c1. The van der Waals surface area contributed by atoms with Gasteiger partial charge in [0.1, 0.15) is 6.54 Å². The smallest absolute Gasteiger partial charge is 0.325 e. The van der Waals surface area contributed by atoms with Gasteiger partial charge in [0.2, 0.25) is 5.88 Å². The van der Waals surface area contributed by atoms with Crippen molar-refractivity contribution in [3.05, 3.63) is 18.3 Å². The molecule has 0 aliphatic carbocycles. The van der Waals surface area contributed by atoms with E-state index in [-0.39, 0.29) is 12.5 Å². The summed E-state index contributed by atoms with van der Waals surface area (Å²) in [4.78, 5) is 15.0. The minimum absolute atomic E-state index is 0.140. The lowest BCUT2D eigenvalue weighted by atomic mass is 10.4. The average molecular weight is 210 g/mol. The van der Waals surface area contributed by atoms with Gasteiger partial charge in [-0.2, -0.15) is 0 Å². The second-order valence-corrected chi connectivity index (χ2v) is 2.75. The number of hydrogen-bond acceptors (Lipinski definition) is 5. The highest BCUT2D eigenvalue weighted by Crippen LogP contribution is 2.12. The minimum atomic E-state index is -0.284.